The van der Waals surface area contributed by atoms with E-state index in [0.717, 1.165) is 31.9 Å². The van der Waals surface area contributed by atoms with Gasteiger partial charge < -0.3 is 14.6 Å². The number of aromatic nitrogens is 1. The van der Waals surface area contributed by atoms with Crippen LogP contribution in [0.1, 0.15) is 21.8 Å². The molecule has 1 aliphatic rings. The van der Waals surface area contributed by atoms with Crippen molar-refractivity contribution in [3.63, 3.8) is 0 Å². The molecule has 3 aromatic rings. The molecule has 1 aliphatic heterocycles. The number of nitrogens with one attached hydrogen (secondary N) is 1. The minimum Gasteiger partial charge on any atom is -0.379 e. The van der Waals surface area contributed by atoms with E-state index in [4.69, 9.17) is 9.26 Å². The van der Waals surface area contributed by atoms with Gasteiger partial charge in [0.1, 0.15) is 0 Å². The van der Waals surface area contributed by atoms with E-state index < -0.39 is 0 Å². The van der Waals surface area contributed by atoms with E-state index in [1.807, 2.05) is 6.07 Å². The number of hydrogen-bond donors (Lipinski definition) is 1. The van der Waals surface area contributed by atoms with Crippen LogP contribution < -0.4 is 5.32 Å². The number of carbonyl (C=O) groups excluding carboxylic acids is 1. The topological polar surface area (TPSA) is 67.6 Å². The summed E-state index contributed by atoms with van der Waals surface area (Å²) in [6, 6.07) is 10.0. The van der Waals surface area contributed by atoms with Crippen LogP contribution in [0.15, 0.2) is 40.2 Å². The average Bonchev–Trinajstić information content (AvgIpc) is 3.29. The van der Waals surface area contributed by atoms with Crippen LogP contribution in [-0.2, 0) is 17.8 Å². The summed E-state index contributed by atoms with van der Waals surface area (Å²) < 4.78 is 11.9. The lowest BCUT2D eigenvalue weighted by molar-refractivity contribution is 0.0305. The summed E-state index contributed by atoms with van der Waals surface area (Å²) in [5, 5.41) is 10.1. The smallest absolute Gasteiger partial charge is 0.273 e. The molecule has 2 aromatic heterocycles. The summed E-state index contributed by atoms with van der Waals surface area (Å²) >= 11 is 1.71. The van der Waals surface area contributed by atoms with Crippen molar-refractivity contribution in [2.24, 2.45) is 0 Å². The van der Waals surface area contributed by atoms with Crippen LogP contribution in [-0.4, -0.2) is 42.3 Å². The Morgan fingerprint density at radius 2 is 2.12 bits per heavy atom. The number of rotatable bonds is 5. The van der Waals surface area contributed by atoms with Gasteiger partial charge in [0, 0.05) is 30.4 Å². The molecular formula is C18H19N3O3S. The average molecular weight is 357 g/mol. The predicted octanol–water partition coefficient (Wildman–Crippen LogP) is 2.65. The van der Waals surface area contributed by atoms with Gasteiger partial charge in [-0.05, 0) is 34.5 Å². The van der Waals surface area contributed by atoms with Crippen molar-refractivity contribution in [3.8, 4) is 0 Å². The normalized spacial score (nSPS) is 15.5. The Labute approximate surface area is 149 Å². The molecule has 0 atom stereocenters. The quantitative estimate of drug-likeness (QED) is 0.760. The van der Waals surface area contributed by atoms with Crippen LogP contribution >= 0.6 is 11.3 Å². The summed E-state index contributed by atoms with van der Waals surface area (Å²) in [7, 11) is 0. The molecule has 4 rings (SSSR count). The number of fused-ring (bicyclic) bond motifs is 1. The summed E-state index contributed by atoms with van der Waals surface area (Å²) in [5.41, 5.74) is 1.39. The fourth-order valence-corrected chi connectivity index (χ4v) is 3.64. The van der Waals surface area contributed by atoms with Crippen LogP contribution in [0.3, 0.4) is 0 Å². The first-order valence-corrected chi connectivity index (χ1v) is 9.16. The molecule has 0 unspecified atom stereocenters. The Bertz CT molecular complexity index is 867. The molecule has 1 amide bonds. The van der Waals surface area contributed by atoms with Gasteiger partial charge in [0.05, 0.1) is 19.8 Å². The van der Waals surface area contributed by atoms with E-state index in [9.17, 15) is 4.79 Å². The molecule has 0 spiro atoms. The number of thiophene rings is 1. The lowest BCUT2D eigenvalue weighted by Gasteiger charge is -2.25. The van der Waals surface area contributed by atoms with E-state index in [0.29, 0.717) is 24.5 Å². The van der Waals surface area contributed by atoms with Crippen molar-refractivity contribution in [1.29, 1.82) is 0 Å². The maximum Gasteiger partial charge on any atom is 0.273 e. The highest BCUT2D eigenvalue weighted by atomic mass is 32.1. The monoisotopic (exact) mass is 357 g/mol. The lowest BCUT2D eigenvalue weighted by Crippen LogP contribution is -2.35. The van der Waals surface area contributed by atoms with E-state index in [2.05, 4.69) is 39.0 Å². The van der Waals surface area contributed by atoms with E-state index >= 15 is 0 Å². The highest BCUT2D eigenvalue weighted by Gasteiger charge is 2.16. The lowest BCUT2D eigenvalue weighted by atomic mass is 10.1. The zero-order chi connectivity index (χ0) is 17.1. The van der Waals surface area contributed by atoms with Crippen LogP contribution in [0.5, 0.6) is 0 Å². The maximum atomic E-state index is 12.3. The first kappa shape index (κ1) is 16.3. The Morgan fingerprint density at radius 1 is 1.24 bits per heavy atom. The van der Waals surface area contributed by atoms with Crippen molar-refractivity contribution in [3.05, 3.63) is 52.7 Å². The number of carbonyl (C=O) groups is 1. The second-order valence-corrected chi connectivity index (χ2v) is 6.99. The standard InChI is InChI=1S/C18H19N3O3S/c22-18(19-11-13-1-2-17-14(9-13)3-8-25-17)16-10-15(24-20-16)12-21-4-6-23-7-5-21/h1-3,8-10H,4-7,11-12H2,(H,19,22). The molecule has 3 heterocycles. The fourth-order valence-electron chi connectivity index (χ4n) is 2.87. The van der Waals surface area contributed by atoms with Gasteiger partial charge >= 0.3 is 0 Å². The third-order valence-electron chi connectivity index (χ3n) is 4.24. The summed E-state index contributed by atoms with van der Waals surface area (Å²) in [4.78, 5) is 14.5. The van der Waals surface area contributed by atoms with Gasteiger partial charge in [-0.1, -0.05) is 11.2 Å². The number of hydrogen-bond acceptors (Lipinski definition) is 6. The van der Waals surface area contributed by atoms with Crippen molar-refractivity contribution < 1.29 is 14.1 Å². The van der Waals surface area contributed by atoms with Crippen molar-refractivity contribution in [2.45, 2.75) is 13.1 Å². The Morgan fingerprint density at radius 3 is 3.00 bits per heavy atom. The molecule has 130 valence electrons. The highest BCUT2D eigenvalue weighted by Crippen LogP contribution is 2.21. The predicted molar refractivity (Wildman–Crippen MR) is 95.6 cm³/mol. The fraction of sp³-hybridized carbons (Fsp3) is 0.333. The molecule has 0 bridgehead atoms. The Kier molecular flexibility index (Phi) is 4.78. The van der Waals surface area contributed by atoms with Gasteiger partial charge in [-0.25, -0.2) is 0 Å². The van der Waals surface area contributed by atoms with Crippen molar-refractivity contribution in [2.75, 3.05) is 26.3 Å². The first-order valence-electron chi connectivity index (χ1n) is 8.28. The second kappa shape index (κ2) is 7.35. The van der Waals surface area contributed by atoms with Gasteiger partial charge in [-0.2, -0.15) is 0 Å². The largest absolute Gasteiger partial charge is 0.379 e. The number of ether oxygens (including phenoxy) is 1. The second-order valence-electron chi connectivity index (χ2n) is 6.04. The Balaban J connectivity index is 1.34. The number of benzene rings is 1. The molecule has 0 aliphatic carbocycles. The molecule has 1 fully saturated rings. The molecule has 0 radical (unpaired) electrons. The van der Waals surface area contributed by atoms with Gasteiger partial charge in [-0.3, -0.25) is 9.69 Å². The van der Waals surface area contributed by atoms with Crippen LogP contribution in [0.2, 0.25) is 0 Å². The first-order chi connectivity index (χ1) is 12.3. The third-order valence-corrected chi connectivity index (χ3v) is 5.14. The minimum absolute atomic E-state index is 0.220. The van der Waals surface area contributed by atoms with Gasteiger partial charge in [0.2, 0.25) is 0 Å². The zero-order valence-corrected chi connectivity index (χ0v) is 14.6. The molecule has 7 heteroatoms. The van der Waals surface area contributed by atoms with Crippen LogP contribution in [0.25, 0.3) is 10.1 Å². The third kappa shape index (κ3) is 3.89. The SMILES string of the molecule is O=C(NCc1ccc2sccc2c1)c1cc(CN2CCOCC2)on1. The Hall–Kier alpha value is -2.22. The molecule has 0 saturated carbocycles. The van der Waals surface area contributed by atoms with Gasteiger partial charge in [-0.15, -0.1) is 11.3 Å². The summed E-state index contributed by atoms with van der Waals surface area (Å²) in [6.07, 6.45) is 0. The van der Waals surface area contributed by atoms with Gasteiger partial charge in [0.15, 0.2) is 11.5 Å². The molecule has 1 saturated heterocycles. The van der Waals surface area contributed by atoms with E-state index in [1.54, 1.807) is 17.4 Å². The van der Waals surface area contributed by atoms with Crippen LogP contribution in [0.4, 0.5) is 0 Å². The highest BCUT2D eigenvalue weighted by molar-refractivity contribution is 7.17. The molecule has 25 heavy (non-hydrogen) atoms. The number of nitrogens with zero attached hydrogens (tertiary/aromatic N) is 2. The zero-order valence-electron chi connectivity index (χ0n) is 13.7. The number of morpholine rings is 1. The van der Waals surface area contributed by atoms with E-state index in [-0.39, 0.29) is 5.91 Å². The van der Waals surface area contributed by atoms with Crippen molar-refractivity contribution >= 4 is 27.3 Å². The maximum absolute atomic E-state index is 12.3. The molecular weight excluding hydrogens is 338 g/mol. The summed E-state index contributed by atoms with van der Waals surface area (Å²) in [6.45, 7) is 4.32. The molecule has 6 nitrogen and oxygen atoms in total. The number of amides is 1. The van der Waals surface area contributed by atoms with Gasteiger partial charge in [0.25, 0.3) is 5.91 Å². The molecule has 1 N–H and O–H groups in total. The van der Waals surface area contributed by atoms with Crippen LogP contribution in [0, 0.1) is 0 Å². The minimum atomic E-state index is -0.220. The van der Waals surface area contributed by atoms with E-state index in [1.165, 1.54) is 10.1 Å². The summed E-state index contributed by atoms with van der Waals surface area (Å²) in [5.74, 6) is 0.481. The molecule has 1 aromatic carbocycles. The van der Waals surface area contributed by atoms with Crippen molar-refractivity contribution in [1.82, 2.24) is 15.4 Å².